The number of carbonyl (C=O) groups excluding carboxylic acids is 7. The molecule has 0 saturated carbocycles. The number of nitrogens with one attached hydrogen (secondary N) is 3. The predicted octanol–water partition coefficient (Wildman–Crippen LogP) is 1.56. The summed E-state index contributed by atoms with van der Waals surface area (Å²) in [6.07, 6.45) is -2.03. The Balaban J connectivity index is 0.969. The van der Waals surface area contributed by atoms with Gasteiger partial charge in [0.15, 0.2) is 0 Å². The van der Waals surface area contributed by atoms with E-state index in [2.05, 4.69) is 31.0 Å². The number of ether oxygens (including phenoxy) is 2. The SMILES string of the molecule is CCN(OCCOCCNc1cccc2c1C(=O)N(C1CCC(=O)NC1=O)C2=O)C(=O)c1ccccc1-n1ncc(C2(C(N)=O)COC(c3ccnc(NCC(F)(F)F)c3)=N2)c1N1CCN(CCO)C1=O. The largest absolute Gasteiger partial charge is 0.474 e. The standard InChI is InChI=1S/C45H47F3N12O11/c1-2-58(71-21-20-69-19-14-50-30-8-5-7-28-35(30)41(66)59(40(28)65)32-10-11-34(62)54-36(32)63)39(64)27-6-3-4-9-31(27)60-38(57-16-15-56(17-18-61)43(57)68)29(23-53-60)44(42(49)67)25-70-37(55-44)26-12-13-51-33(22-26)52-24-45(46,47)48/h3-9,12-13,22-23,32,50,61H,2,10-11,14-21,24-25H2,1H3,(H2,49,67)(H,51,52)(H,54,62,63). The van der Waals surface area contributed by atoms with E-state index in [1.807, 2.05) is 0 Å². The van der Waals surface area contributed by atoms with Crippen molar-refractivity contribution in [2.24, 2.45) is 10.7 Å². The minimum atomic E-state index is -4.53. The maximum atomic E-state index is 14.3. The highest BCUT2D eigenvalue weighted by Gasteiger charge is 2.51. The molecule has 2 aromatic heterocycles. The third kappa shape index (κ3) is 9.93. The Kier molecular flexibility index (Phi) is 14.3. The summed E-state index contributed by atoms with van der Waals surface area (Å²) >= 11 is 0. The third-order valence-corrected chi connectivity index (χ3v) is 11.9. The summed E-state index contributed by atoms with van der Waals surface area (Å²) in [5.74, 6) is -4.43. The van der Waals surface area contributed by atoms with Crippen molar-refractivity contribution < 1.29 is 66.2 Å². The van der Waals surface area contributed by atoms with E-state index in [0.717, 1.165) is 9.96 Å². The van der Waals surface area contributed by atoms with Crippen LogP contribution in [0.3, 0.4) is 0 Å². The molecule has 8 amide bonds. The highest BCUT2D eigenvalue weighted by Crippen LogP contribution is 2.41. The van der Waals surface area contributed by atoms with Crippen LogP contribution in [0.15, 0.2) is 72.0 Å². The highest BCUT2D eigenvalue weighted by molar-refractivity contribution is 6.25. The first kappa shape index (κ1) is 49.5. The maximum Gasteiger partial charge on any atom is 0.405 e. The molecule has 0 spiro atoms. The Morgan fingerprint density at radius 1 is 1.03 bits per heavy atom. The number of benzene rings is 2. The van der Waals surface area contributed by atoms with E-state index in [-0.39, 0.29) is 123 Å². The second-order valence-electron chi connectivity index (χ2n) is 16.3. The number of primary amides is 1. The number of piperidine rings is 1. The van der Waals surface area contributed by atoms with Crippen LogP contribution in [0.4, 0.5) is 35.3 Å². The van der Waals surface area contributed by atoms with Gasteiger partial charge in [-0.1, -0.05) is 18.2 Å². The van der Waals surface area contributed by atoms with Gasteiger partial charge in [0.25, 0.3) is 23.6 Å². The van der Waals surface area contributed by atoms with Gasteiger partial charge in [-0.3, -0.25) is 48.7 Å². The molecule has 0 aliphatic carbocycles. The van der Waals surface area contributed by atoms with Crippen molar-refractivity contribution in [1.82, 2.24) is 34.9 Å². The average molecular weight is 989 g/mol. The zero-order chi connectivity index (χ0) is 50.6. The first-order chi connectivity index (χ1) is 34.1. The van der Waals surface area contributed by atoms with Gasteiger partial charge in [0, 0.05) is 56.6 Å². The molecule has 4 aromatic rings. The van der Waals surface area contributed by atoms with E-state index < -0.39 is 72.4 Å². The van der Waals surface area contributed by atoms with Crippen LogP contribution in [0.5, 0.6) is 0 Å². The fourth-order valence-electron chi connectivity index (χ4n) is 8.48. The van der Waals surface area contributed by atoms with Gasteiger partial charge in [0.2, 0.25) is 23.3 Å². The van der Waals surface area contributed by atoms with Crippen LogP contribution in [0.1, 0.15) is 62.0 Å². The van der Waals surface area contributed by atoms with Gasteiger partial charge in [0.1, 0.15) is 30.8 Å². The monoisotopic (exact) mass is 988 g/mol. The highest BCUT2D eigenvalue weighted by atomic mass is 19.4. The number of fused-ring (bicyclic) bond motifs is 1. The lowest BCUT2D eigenvalue weighted by Crippen LogP contribution is -2.54. The summed E-state index contributed by atoms with van der Waals surface area (Å²) in [6.45, 7) is -0.0380. The second kappa shape index (κ2) is 20.6. The van der Waals surface area contributed by atoms with Crippen molar-refractivity contribution >= 4 is 64.7 Å². The Morgan fingerprint density at radius 3 is 2.58 bits per heavy atom. The van der Waals surface area contributed by atoms with Crippen molar-refractivity contribution in [3.63, 3.8) is 0 Å². The molecule has 0 bridgehead atoms. The smallest absolute Gasteiger partial charge is 0.405 e. The predicted molar refractivity (Wildman–Crippen MR) is 242 cm³/mol. The molecular weight excluding hydrogens is 942 g/mol. The lowest BCUT2D eigenvalue weighted by atomic mass is 9.92. The molecule has 2 atom stereocenters. The second-order valence-corrected chi connectivity index (χ2v) is 16.3. The summed E-state index contributed by atoms with van der Waals surface area (Å²) in [5.41, 5.74) is 4.98. The minimum Gasteiger partial charge on any atom is -0.474 e. The number of rotatable bonds is 20. The molecule has 6 heterocycles. The number of β-amino-alcohol motifs (C(OH)–C–C–N with tert-alkyl or cyclic N) is 1. The number of imide groups is 2. The van der Waals surface area contributed by atoms with Crippen LogP contribution in [0.2, 0.25) is 0 Å². The van der Waals surface area contributed by atoms with Crippen LogP contribution in [0.25, 0.3) is 5.69 Å². The lowest BCUT2D eigenvalue weighted by molar-refractivity contribution is -0.136. The molecule has 26 heteroatoms. The Labute approximate surface area is 401 Å². The molecule has 8 rings (SSSR count). The molecule has 374 valence electrons. The minimum absolute atomic E-state index is 0.000564. The Morgan fingerprint density at radius 2 is 1.83 bits per heavy atom. The number of nitrogens with zero attached hydrogens (tertiary/aromatic N) is 8. The zero-order valence-corrected chi connectivity index (χ0v) is 37.9. The number of alkyl halides is 3. The Bertz CT molecular complexity index is 2810. The number of pyridine rings is 1. The number of urea groups is 1. The van der Waals surface area contributed by atoms with Gasteiger partial charge in [0.05, 0.1) is 60.6 Å². The van der Waals surface area contributed by atoms with Crippen molar-refractivity contribution in [3.8, 4) is 5.69 Å². The molecule has 71 heavy (non-hydrogen) atoms. The van der Waals surface area contributed by atoms with Crippen LogP contribution in [-0.4, -0.2) is 167 Å². The number of carbonyl (C=O) groups is 7. The molecule has 4 aliphatic rings. The van der Waals surface area contributed by atoms with E-state index in [4.69, 9.17) is 20.0 Å². The van der Waals surface area contributed by atoms with E-state index in [1.165, 1.54) is 51.1 Å². The van der Waals surface area contributed by atoms with E-state index in [1.54, 1.807) is 37.3 Å². The van der Waals surface area contributed by atoms with Crippen molar-refractivity contribution in [3.05, 3.63) is 94.8 Å². The number of amides is 8. The van der Waals surface area contributed by atoms with E-state index in [0.29, 0.717) is 5.69 Å². The van der Waals surface area contributed by atoms with Gasteiger partial charge < -0.3 is 35.8 Å². The topological polar surface area (TPSA) is 286 Å². The molecule has 2 unspecified atom stereocenters. The molecule has 0 radical (unpaired) electrons. The summed E-state index contributed by atoms with van der Waals surface area (Å²) in [4.78, 5) is 111. The first-order valence-electron chi connectivity index (χ1n) is 22.3. The molecule has 6 N–H and O–H groups in total. The third-order valence-electron chi connectivity index (χ3n) is 11.9. The molecule has 4 aliphatic heterocycles. The number of para-hydroxylation sites is 1. The average Bonchev–Trinajstić information content (AvgIpc) is 4.14. The zero-order valence-electron chi connectivity index (χ0n) is 37.9. The van der Waals surface area contributed by atoms with Crippen LogP contribution >= 0.6 is 0 Å². The fourth-order valence-corrected chi connectivity index (χ4v) is 8.48. The first-order valence-corrected chi connectivity index (χ1v) is 22.3. The van der Waals surface area contributed by atoms with Crippen LogP contribution in [0, 0.1) is 0 Å². The number of anilines is 3. The lowest BCUT2D eigenvalue weighted by Gasteiger charge is -2.27. The molecule has 2 saturated heterocycles. The van der Waals surface area contributed by atoms with Gasteiger partial charge in [-0.2, -0.15) is 18.3 Å². The molecule has 2 fully saturated rings. The number of aliphatic hydroxyl groups excluding tert-OH is 1. The van der Waals surface area contributed by atoms with Gasteiger partial charge in [-0.15, -0.1) is 0 Å². The van der Waals surface area contributed by atoms with Crippen LogP contribution in [-0.2, 0) is 34.2 Å². The maximum absolute atomic E-state index is 14.3. The number of hydrogen-bond donors (Lipinski definition) is 5. The van der Waals surface area contributed by atoms with Crippen molar-refractivity contribution in [2.75, 3.05) is 87.8 Å². The number of hydrogen-bond acceptors (Lipinski definition) is 16. The summed E-state index contributed by atoms with van der Waals surface area (Å²) < 4.78 is 51.8. The molecule has 2 aromatic carbocycles. The van der Waals surface area contributed by atoms with Crippen molar-refractivity contribution in [1.29, 1.82) is 0 Å². The molecule has 23 nitrogen and oxygen atoms in total. The number of nitrogens with two attached hydrogens (primary N) is 1. The van der Waals surface area contributed by atoms with Gasteiger partial charge in [-0.25, -0.2) is 24.5 Å². The Hall–Kier alpha value is -7.97. The molecular formula is C45H47F3N12O11. The van der Waals surface area contributed by atoms with Crippen molar-refractivity contribution in [2.45, 2.75) is 37.5 Å². The van der Waals surface area contributed by atoms with Crippen LogP contribution < -0.4 is 26.6 Å². The quantitative estimate of drug-likeness (QED) is 0.0477. The van der Waals surface area contributed by atoms with Gasteiger partial charge in [-0.05, 0) is 49.7 Å². The number of aliphatic imine (C=N–C) groups is 1. The fraction of sp³-hybridized carbons (Fsp3) is 0.378. The summed E-state index contributed by atoms with van der Waals surface area (Å²) in [6, 6.07) is 12.0. The summed E-state index contributed by atoms with van der Waals surface area (Å²) in [5, 5.41) is 22.8. The normalized spacial score (nSPS) is 18.9. The number of hydroxylamine groups is 2. The van der Waals surface area contributed by atoms with E-state index in [9.17, 15) is 51.8 Å². The summed E-state index contributed by atoms with van der Waals surface area (Å²) in [7, 11) is 0. The number of halogens is 3. The van der Waals surface area contributed by atoms with Gasteiger partial charge >= 0.3 is 12.2 Å². The number of aliphatic hydroxyl groups is 1. The van der Waals surface area contributed by atoms with E-state index >= 15 is 0 Å². The number of aromatic nitrogens is 3.